The summed E-state index contributed by atoms with van der Waals surface area (Å²) < 4.78 is 5.68. The number of aliphatic hydroxyl groups is 1. The van der Waals surface area contributed by atoms with Crippen LogP contribution in [0.1, 0.15) is 45.1 Å². The maximum absolute atomic E-state index is 10.0. The molecule has 1 aliphatic carbocycles. The van der Waals surface area contributed by atoms with Gasteiger partial charge in [-0.1, -0.05) is 31.9 Å². The molecule has 1 fully saturated rings. The summed E-state index contributed by atoms with van der Waals surface area (Å²) in [5, 5.41) is 13.5. The molecule has 2 rings (SSSR count). The van der Waals surface area contributed by atoms with Crippen molar-refractivity contribution in [1.29, 1.82) is 0 Å². The minimum absolute atomic E-state index is 0.345. The van der Waals surface area contributed by atoms with E-state index in [4.69, 9.17) is 4.74 Å². The van der Waals surface area contributed by atoms with Crippen molar-refractivity contribution in [2.24, 2.45) is 5.92 Å². The van der Waals surface area contributed by atoms with Crippen molar-refractivity contribution in [3.8, 4) is 5.75 Å². The van der Waals surface area contributed by atoms with Gasteiger partial charge in [-0.05, 0) is 49.8 Å². The van der Waals surface area contributed by atoms with Crippen molar-refractivity contribution in [2.75, 3.05) is 13.2 Å². The van der Waals surface area contributed by atoms with E-state index in [1.165, 1.54) is 31.2 Å². The monoisotopic (exact) mass is 291 g/mol. The molecule has 1 aromatic rings. The van der Waals surface area contributed by atoms with E-state index in [0.29, 0.717) is 19.2 Å². The lowest BCUT2D eigenvalue weighted by Gasteiger charge is -2.22. The summed E-state index contributed by atoms with van der Waals surface area (Å²) >= 11 is 0. The molecular formula is C18H29NO2. The number of hydrogen-bond acceptors (Lipinski definition) is 3. The number of rotatable bonds is 8. The normalized spacial score (nSPS) is 18.6. The first-order chi connectivity index (χ1) is 10.2. The molecule has 0 spiro atoms. The number of nitrogens with one attached hydrogen (secondary N) is 1. The Kier molecular flexibility index (Phi) is 6.52. The van der Waals surface area contributed by atoms with Crippen molar-refractivity contribution in [1.82, 2.24) is 5.32 Å². The quantitative estimate of drug-likeness (QED) is 0.773. The van der Waals surface area contributed by atoms with Crippen molar-refractivity contribution in [3.63, 3.8) is 0 Å². The molecule has 2 N–H and O–H groups in total. The highest BCUT2D eigenvalue weighted by atomic mass is 16.5. The van der Waals surface area contributed by atoms with Crippen LogP contribution in [0.5, 0.6) is 5.75 Å². The van der Waals surface area contributed by atoms with Gasteiger partial charge in [-0.3, -0.25) is 0 Å². The van der Waals surface area contributed by atoms with Crippen molar-refractivity contribution in [2.45, 2.75) is 58.1 Å². The Morgan fingerprint density at radius 2 is 2.10 bits per heavy atom. The van der Waals surface area contributed by atoms with E-state index in [9.17, 15) is 5.11 Å². The van der Waals surface area contributed by atoms with Gasteiger partial charge in [0.25, 0.3) is 0 Å². The maximum Gasteiger partial charge on any atom is 0.119 e. The number of benzene rings is 1. The Morgan fingerprint density at radius 1 is 1.33 bits per heavy atom. The summed E-state index contributed by atoms with van der Waals surface area (Å²) in [7, 11) is 0. The molecular weight excluding hydrogens is 262 g/mol. The van der Waals surface area contributed by atoms with Crippen LogP contribution in [0.3, 0.4) is 0 Å². The van der Waals surface area contributed by atoms with Crippen LogP contribution in [0, 0.1) is 5.92 Å². The second-order valence-corrected chi connectivity index (χ2v) is 6.21. The van der Waals surface area contributed by atoms with Gasteiger partial charge in [-0.2, -0.15) is 0 Å². The first-order valence-corrected chi connectivity index (χ1v) is 8.32. The van der Waals surface area contributed by atoms with Crippen LogP contribution in [0.4, 0.5) is 0 Å². The van der Waals surface area contributed by atoms with Gasteiger partial charge in [0, 0.05) is 12.6 Å². The molecule has 0 aliphatic heterocycles. The lowest BCUT2D eigenvalue weighted by Crippen LogP contribution is -2.39. The Hall–Kier alpha value is -1.06. The Morgan fingerprint density at radius 3 is 2.81 bits per heavy atom. The highest BCUT2D eigenvalue weighted by Crippen LogP contribution is 2.27. The first kappa shape index (κ1) is 16.3. The summed E-state index contributed by atoms with van der Waals surface area (Å²) in [6, 6.07) is 8.57. The summed E-state index contributed by atoms with van der Waals surface area (Å²) in [6.07, 6.45) is 5.90. The van der Waals surface area contributed by atoms with Crippen molar-refractivity contribution >= 4 is 0 Å². The molecule has 3 heteroatoms. The van der Waals surface area contributed by atoms with Crippen LogP contribution in [0.25, 0.3) is 0 Å². The van der Waals surface area contributed by atoms with Crippen LogP contribution in [0.15, 0.2) is 24.3 Å². The Balaban J connectivity index is 1.67. The standard InChI is InChI=1S/C18H29NO2/c1-3-15-7-6-10-18(11-15)21-13-17(20)12-19-14(2)16-8-4-5-9-16/h6-7,10-11,14,16-17,19-20H,3-5,8-9,12-13H2,1-2H3. The summed E-state index contributed by atoms with van der Waals surface area (Å²) in [5.41, 5.74) is 1.26. The average Bonchev–Trinajstić information content (AvgIpc) is 3.05. The lowest BCUT2D eigenvalue weighted by molar-refractivity contribution is 0.102. The predicted molar refractivity (Wildman–Crippen MR) is 86.7 cm³/mol. The van der Waals surface area contributed by atoms with Crippen LogP contribution >= 0.6 is 0 Å². The zero-order chi connectivity index (χ0) is 15.1. The second-order valence-electron chi connectivity index (χ2n) is 6.21. The van der Waals surface area contributed by atoms with Gasteiger partial charge in [0.05, 0.1) is 0 Å². The van der Waals surface area contributed by atoms with Gasteiger partial charge in [-0.25, -0.2) is 0 Å². The predicted octanol–water partition coefficient (Wildman–Crippen LogP) is 3.16. The van der Waals surface area contributed by atoms with E-state index in [1.807, 2.05) is 18.2 Å². The summed E-state index contributed by atoms with van der Waals surface area (Å²) in [5.74, 6) is 1.62. The zero-order valence-electron chi connectivity index (χ0n) is 13.3. The van der Waals surface area contributed by atoms with Crippen LogP contribution < -0.4 is 10.1 Å². The molecule has 21 heavy (non-hydrogen) atoms. The molecule has 0 saturated heterocycles. The van der Waals surface area contributed by atoms with Gasteiger partial charge in [0.1, 0.15) is 18.5 Å². The maximum atomic E-state index is 10.0. The van der Waals surface area contributed by atoms with E-state index in [2.05, 4.69) is 25.2 Å². The topological polar surface area (TPSA) is 41.5 Å². The van der Waals surface area contributed by atoms with E-state index >= 15 is 0 Å². The summed E-state index contributed by atoms with van der Waals surface area (Å²) in [4.78, 5) is 0. The number of aryl methyl sites for hydroxylation is 1. The second kappa shape index (κ2) is 8.40. The third kappa shape index (κ3) is 5.33. The van der Waals surface area contributed by atoms with E-state index in [-0.39, 0.29) is 0 Å². The smallest absolute Gasteiger partial charge is 0.119 e. The fourth-order valence-corrected chi connectivity index (χ4v) is 3.05. The molecule has 2 atom stereocenters. The highest BCUT2D eigenvalue weighted by molar-refractivity contribution is 5.28. The molecule has 1 aliphatic rings. The molecule has 118 valence electrons. The molecule has 3 nitrogen and oxygen atoms in total. The van der Waals surface area contributed by atoms with Gasteiger partial charge < -0.3 is 15.2 Å². The zero-order valence-corrected chi connectivity index (χ0v) is 13.3. The largest absolute Gasteiger partial charge is 0.491 e. The number of ether oxygens (including phenoxy) is 1. The molecule has 0 bridgehead atoms. The van der Waals surface area contributed by atoms with Gasteiger partial charge in [0.2, 0.25) is 0 Å². The summed E-state index contributed by atoms with van der Waals surface area (Å²) in [6.45, 7) is 5.30. The number of hydrogen-bond donors (Lipinski definition) is 2. The van der Waals surface area contributed by atoms with Crippen molar-refractivity contribution in [3.05, 3.63) is 29.8 Å². The van der Waals surface area contributed by atoms with E-state index < -0.39 is 6.10 Å². The minimum atomic E-state index is -0.459. The highest BCUT2D eigenvalue weighted by Gasteiger charge is 2.21. The number of aliphatic hydroxyl groups excluding tert-OH is 1. The molecule has 0 heterocycles. The average molecular weight is 291 g/mol. The van der Waals surface area contributed by atoms with Gasteiger partial charge in [0.15, 0.2) is 0 Å². The van der Waals surface area contributed by atoms with Gasteiger partial charge >= 0.3 is 0 Å². The molecule has 1 saturated carbocycles. The van der Waals surface area contributed by atoms with E-state index in [1.54, 1.807) is 0 Å². The molecule has 0 radical (unpaired) electrons. The molecule has 0 aromatic heterocycles. The Labute approximate surface area is 128 Å². The van der Waals surface area contributed by atoms with Crippen molar-refractivity contribution < 1.29 is 9.84 Å². The minimum Gasteiger partial charge on any atom is -0.491 e. The Bertz CT molecular complexity index is 415. The molecule has 1 aromatic carbocycles. The fraction of sp³-hybridized carbons (Fsp3) is 0.667. The van der Waals surface area contributed by atoms with Crippen LogP contribution in [-0.4, -0.2) is 30.4 Å². The lowest BCUT2D eigenvalue weighted by atomic mass is 10.00. The van der Waals surface area contributed by atoms with E-state index in [0.717, 1.165) is 18.1 Å². The fourth-order valence-electron chi connectivity index (χ4n) is 3.05. The van der Waals surface area contributed by atoms with Crippen LogP contribution in [-0.2, 0) is 6.42 Å². The third-order valence-electron chi connectivity index (χ3n) is 4.53. The SMILES string of the molecule is CCc1cccc(OCC(O)CNC(C)C2CCCC2)c1. The third-order valence-corrected chi connectivity index (χ3v) is 4.53. The van der Waals surface area contributed by atoms with Crippen LogP contribution in [0.2, 0.25) is 0 Å². The van der Waals surface area contributed by atoms with Gasteiger partial charge in [-0.15, -0.1) is 0 Å². The molecule has 2 unspecified atom stereocenters. The molecule has 0 amide bonds. The first-order valence-electron chi connectivity index (χ1n) is 8.32.